The van der Waals surface area contributed by atoms with Gasteiger partial charge in [0.25, 0.3) is 0 Å². The second kappa shape index (κ2) is 6.71. The molecule has 0 saturated carbocycles. The molecule has 0 aliphatic heterocycles. The van der Waals surface area contributed by atoms with Crippen LogP contribution in [-0.4, -0.2) is 29.5 Å². The molecular formula is C20H21N3O3. The third-order valence-electron chi connectivity index (χ3n) is 4.92. The minimum Gasteiger partial charge on any atom is -0.497 e. The highest BCUT2D eigenvalue weighted by molar-refractivity contribution is 5.94. The van der Waals surface area contributed by atoms with Crippen LogP contribution in [0.1, 0.15) is 17.8 Å². The Bertz CT molecular complexity index is 964. The SMILES string of the molecule is COc1ccc(OC)c(NC(=O)C2CCc3nc4ccccn4c3C2)c1. The van der Waals surface area contributed by atoms with Crippen LogP contribution in [0.15, 0.2) is 42.6 Å². The van der Waals surface area contributed by atoms with Gasteiger partial charge in [0, 0.05) is 30.3 Å². The summed E-state index contributed by atoms with van der Waals surface area (Å²) in [5.74, 6) is 1.19. The van der Waals surface area contributed by atoms with Crippen molar-refractivity contribution in [3.05, 3.63) is 54.0 Å². The van der Waals surface area contributed by atoms with Crippen molar-refractivity contribution in [3.8, 4) is 11.5 Å². The van der Waals surface area contributed by atoms with Crippen molar-refractivity contribution in [1.29, 1.82) is 0 Å². The van der Waals surface area contributed by atoms with Crippen LogP contribution in [0.3, 0.4) is 0 Å². The Balaban J connectivity index is 1.57. The summed E-state index contributed by atoms with van der Waals surface area (Å²) in [6.45, 7) is 0. The lowest BCUT2D eigenvalue weighted by molar-refractivity contribution is -0.120. The van der Waals surface area contributed by atoms with E-state index in [2.05, 4.69) is 14.7 Å². The molecule has 1 aliphatic carbocycles. The predicted molar refractivity (Wildman–Crippen MR) is 98.9 cm³/mol. The first kappa shape index (κ1) is 16.4. The smallest absolute Gasteiger partial charge is 0.227 e. The Labute approximate surface area is 151 Å². The summed E-state index contributed by atoms with van der Waals surface area (Å²) in [7, 11) is 3.18. The highest BCUT2D eigenvalue weighted by Crippen LogP contribution is 2.31. The van der Waals surface area contributed by atoms with Gasteiger partial charge in [-0.2, -0.15) is 0 Å². The molecule has 26 heavy (non-hydrogen) atoms. The molecule has 1 amide bonds. The van der Waals surface area contributed by atoms with E-state index in [9.17, 15) is 4.79 Å². The number of hydrogen-bond acceptors (Lipinski definition) is 4. The Morgan fingerprint density at radius 1 is 1.23 bits per heavy atom. The first-order chi connectivity index (χ1) is 12.7. The number of methoxy groups -OCH3 is 2. The fraction of sp³-hybridized carbons (Fsp3) is 0.300. The van der Waals surface area contributed by atoms with Crippen LogP contribution >= 0.6 is 0 Å². The van der Waals surface area contributed by atoms with E-state index in [-0.39, 0.29) is 11.8 Å². The Morgan fingerprint density at radius 2 is 2.12 bits per heavy atom. The van der Waals surface area contributed by atoms with Crippen molar-refractivity contribution < 1.29 is 14.3 Å². The number of benzene rings is 1. The number of aryl methyl sites for hydroxylation is 1. The van der Waals surface area contributed by atoms with Gasteiger partial charge in [0.1, 0.15) is 17.1 Å². The van der Waals surface area contributed by atoms with E-state index in [0.717, 1.165) is 29.9 Å². The Kier molecular flexibility index (Phi) is 4.24. The minimum absolute atomic E-state index is 0.00640. The molecule has 4 rings (SSSR count). The first-order valence-corrected chi connectivity index (χ1v) is 8.67. The van der Waals surface area contributed by atoms with Gasteiger partial charge in [0.2, 0.25) is 5.91 Å². The molecule has 134 valence electrons. The van der Waals surface area contributed by atoms with E-state index < -0.39 is 0 Å². The van der Waals surface area contributed by atoms with E-state index in [4.69, 9.17) is 9.47 Å². The molecule has 2 heterocycles. The average molecular weight is 351 g/mol. The second-order valence-electron chi connectivity index (χ2n) is 6.43. The van der Waals surface area contributed by atoms with Crippen LogP contribution in [0.5, 0.6) is 11.5 Å². The molecule has 2 aromatic heterocycles. The number of nitrogens with zero attached hydrogens (tertiary/aromatic N) is 2. The lowest BCUT2D eigenvalue weighted by atomic mass is 9.89. The molecule has 1 unspecified atom stereocenters. The van der Waals surface area contributed by atoms with Crippen LogP contribution < -0.4 is 14.8 Å². The van der Waals surface area contributed by atoms with Gasteiger partial charge < -0.3 is 19.2 Å². The van der Waals surface area contributed by atoms with Crippen molar-refractivity contribution in [1.82, 2.24) is 9.38 Å². The molecule has 1 aliphatic rings. The number of carbonyl (C=O) groups is 1. The topological polar surface area (TPSA) is 64.9 Å². The summed E-state index contributed by atoms with van der Waals surface area (Å²) >= 11 is 0. The molecule has 0 bridgehead atoms. The molecule has 0 spiro atoms. The van der Waals surface area contributed by atoms with Gasteiger partial charge in [-0.3, -0.25) is 4.79 Å². The zero-order valence-electron chi connectivity index (χ0n) is 14.9. The number of rotatable bonds is 4. The maximum Gasteiger partial charge on any atom is 0.227 e. The highest BCUT2D eigenvalue weighted by atomic mass is 16.5. The molecule has 0 radical (unpaired) electrons. The van der Waals surface area contributed by atoms with Crippen molar-refractivity contribution in [3.63, 3.8) is 0 Å². The van der Waals surface area contributed by atoms with E-state index >= 15 is 0 Å². The molecular weight excluding hydrogens is 330 g/mol. The van der Waals surface area contributed by atoms with Crippen LogP contribution in [0.25, 0.3) is 5.65 Å². The number of anilines is 1. The summed E-state index contributed by atoms with van der Waals surface area (Å²) < 4.78 is 12.7. The number of amides is 1. The molecule has 6 heteroatoms. The maximum atomic E-state index is 12.9. The van der Waals surface area contributed by atoms with Crippen molar-refractivity contribution in [2.45, 2.75) is 19.3 Å². The van der Waals surface area contributed by atoms with E-state index in [1.54, 1.807) is 32.4 Å². The molecule has 1 aromatic carbocycles. The lowest BCUT2D eigenvalue weighted by Crippen LogP contribution is -2.28. The highest BCUT2D eigenvalue weighted by Gasteiger charge is 2.28. The van der Waals surface area contributed by atoms with E-state index in [0.29, 0.717) is 23.6 Å². The zero-order valence-corrected chi connectivity index (χ0v) is 14.9. The van der Waals surface area contributed by atoms with Crippen LogP contribution in [0.2, 0.25) is 0 Å². The van der Waals surface area contributed by atoms with Crippen molar-refractivity contribution in [2.24, 2.45) is 5.92 Å². The number of hydrogen-bond donors (Lipinski definition) is 1. The third-order valence-corrected chi connectivity index (χ3v) is 4.92. The molecule has 3 aromatic rings. The number of pyridine rings is 1. The first-order valence-electron chi connectivity index (χ1n) is 8.67. The Morgan fingerprint density at radius 3 is 2.92 bits per heavy atom. The van der Waals surface area contributed by atoms with E-state index in [1.807, 2.05) is 24.4 Å². The molecule has 1 atom stereocenters. The average Bonchev–Trinajstić information content (AvgIpc) is 3.05. The maximum absolute atomic E-state index is 12.9. The van der Waals surface area contributed by atoms with Gasteiger partial charge in [-0.05, 0) is 37.1 Å². The van der Waals surface area contributed by atoms with Crippen molar-refractivity contribution in [2.75, 3.05) is 19.5 Å². The quantitative estimate of drug-likeness (QED) is 0.784. The molecule has 1 N–H and O–H groups in total. The second-order valence-corrected chi connectivity index (χ2v) is 6.43. The summed E-state index contributed by atoms with van der Waals surface area (Å²) in [6.07, 6.45) is 4.28. The predicted octanol–water partition coefficient (Wildman–Crippen LogP) is 3.10. The minimum atomic E-state index is -0.0986. The zero-order chi connectivity index (χ0) is 18.1. The third kappa shape index (κ3) is 2.87. The lowest BCUT2D eigenvalue weighted by Gasteiger charge is -2.22. The monoisotopic (exact) mass is 351 g/mol. The number of ether oxygens (including phenoxy) is 2. The van der Waals surface area contributed by atoms with Crippen molar-refractivity contribution >= 4 is 17.2 Å². The number of carbonyl (C=O) groups excluding carboxylic acids is 1. The summed E-state index contributed by atoms with van der Waals surface area (Å²) in [5, 5.41) is 3.00. The van der Waals surface area contributed by atoms with Crippen LogP contribution in [0.4, 0.5) is 5.69 Å². The number of aromatic nitrogens is 2. The van der Waals surface area contributed by atoms with Gasteiger partial charge in [-0.25, -0.2) is 4.98 Å². The van der Waals surface area contributed by atoms with Crippen LogP contribution in [-0.2, 0) is 17.6 Å². The van der Waals surface area contributed by atoms with Gasteiger partial charge >= 0.3 is 0 Å². The fourth-order valence-corrected chi connectivity index (χ4v) is 3.53. The Hall–Kier alpha value is -3.02. The molecule has 6 nitrogen and oxygen atoms in total. The number of nitrogens with one attached hydrogen (secondary N) is 1. The largest absolute Gasteiger partial charge is 0.497 e. The number of imidazole rings is 1. The summed E-state index contributed by atoms with van der Waals surface area (Å²) in [5.41, 5.74) is 3.79. The summed E-state index contributed by atoms with van der Waals surface area (Å²) in [6, 6.07) is 11.3. The normalized spacial score (nSPS) is 16.2. The van der Waals surface area contributed by atoms with Gasteiger partial charge in [-0.1, -0.05) is 6.07 Å². The van der Waals surface area contributed by atoms with Gasteiger partial charge in [-0.15, -0.1) is 0 Å². The van der Waals surface area contributed by atoms with E-state index in [1.165, 1.54) is 0 Å². The van der Waals surface area contributed by atoms with Gasteiger partial charge in [0.05, 0.1) is 25.6 Å². The molecule has 0 fully saturated rings. The van der Waals surface area contributed by atoms with Gasteiger partial charge in [0.15, 0.2) is 0 Å². The van der Waals surface area contributed by atoms with Crippen LogP contribution in [0, 0.1) is 5.92 Å². The molecule has 0 saturated heterocycles. The number of fused-ring (bicyclic) bond motifs is 3. The standard InChI is InChI=1S/C20H21N3O3/c1-25-14-7-9-18(26-2)16(12-14)22-20(24)13-6-8-15-17(11-13)23-10-4-3-5-19(23)21-15/h3-5,7,9-10,12-13H,6,8,11H2,1-2H3,(H,22,24). The fourth-order valence-electron chi connectivity index (χ4n) is 3.53. The summed E-state index contributed by atoms with van der Waals surface area (Å²) in [4.78, 5) is 17.5.